The zero-order valence-corrected chi connectivity index (χ0v) is 18.8. The number of hydrogen-bond donors (Lipinski definition) is 3. The van der Waals surface area contributed by atoms with Gasteiger partial charge >= 0.3 is 6.03 Å². The molecule has 7 heteroatoms. The van der Waals surface area contributed by atoms with Gasteiger partial charge in [-0.25, -0.2) is 4.79 Å². The van der Waals surface area contributed by atoms with E-state index < -0.39 is 6.29 Å². The first kappa shape index (κ1) is 23.9. The molecule has 0 radical (unpaired) electrons. The van der Waals surface area contributed by atoms with Crippen LogP contribution in [0.15, 0.2) is 61.2 Å². The van der Waals surface area contributed by atoms with Crippen LogP contribution in [-0.4, -0.2) is 48.8 Å². The molecule has 3 atom stereocenters. The Morgan fingerprint density at radius 1 is 1.22 bits per heavy atom. The van der Waals surface area contributed by atoms with E-state index in [9.17, 15) is 9.90 Å². The molecule has 3 N–H and O–H groups in total. The Labute approximate surface area is 190 Å². The van der Waals surface area contributed by atoms with E-state index in [-0.39, 0.29) is 24.8 Å². The quantitative estimate of drug-likeness (QED) is 0.515. The normalized spacial score (nSPS) is 20.7. The number of aliphatic hydroxyl groups excluding tert-OH is 1. The van der Waals surface area contributed by atoms with Gasteiger partial charge in [0.2, 0.25) is 0 Å². The van der Waals surface area contributed by atoms with Crippen molar-refractivity contribution in [3.05, 3.63) is 77.9 Å². The van der Waals surface area contributed by atoms with Crippen molar-refractivity contribution >= 4 is 11.7 Å². The summed E-state index contributed by atoms with van der Waals surface area (Å²) >= 11 is 0. The average Bonchev–Trinajstić information content (AvgIpc) is 2.79. The van der Waals surface area contributed by atoms with Crippen molar-refractivity contribution in [1.29, 1.82) is 0 Å². The maximum Gasteiger partial charge on any atom is 0.319 e. The third-order valence-corrected chi connectivity index (χ3v) is 5.33. The number of rotatable bonds is 9. The molecular weight excluding hydrogens is 406 g/mol. The number of aliphatic hydroxyl groups is 1. The van der Waals surface area contributed by atoms with Gasteiger partial charge in [0.15, 0.2) is 6.29 Å². The lowest BCUT2D eigenvalue weighted by molar-refractivity contribution is -0.252. The Morgan fingerprint density at radius 3 is 2.69 bits per heavy atom. The molecular formula is C25H33N3O4. The highest BCUT2D eigenvalue weighted by Crippen LogP contribution is 2.38. The van der Waals surface area contributed by atoms with Crippen molar-refractivity contribution in [3.8, 4) is 0 Å². The Morgan fingerprint density at radius 2 is 2.00 bits per heavy atom. The van der Waals surface area contributed by atoms with Crippen LogP contribution >= 0.6 is 0 Å². The van der Waals surface area contributed by atoms with Gasteiger partial charge in [0.1, 0.15) is 0 Å². The molecule has 7 nitrogen and oxygen atoms in total. The molecule has 32 heavy (non-hydrogen) atoms. The first-order chi connectivity index (χ1) is 15.5. The number of benzene rings is 2. The molecule has 172 valence electrons. The van der Waals surface area contributed by atoms with Gasteiger partial charge in [-0.1, -0.05) is 42.5 Å². The number of nitrogens with zero attached hydrogens (tertiary/aromatic N) is 1. The van der Waals surface area contributed by atoms with Crippen LogP contribution in [0.3, 0.4) is 0 Å². The highest BCUT2D eigenvalue weighted by atomic mass is 16.7. The van der Waals surface area contributed by atoms with E-state index in [1.807, 2.05) is 68.6 Å². The molecule has 3 unspecified atom stereocenters. The lowest BCUT2D eigenvalue weighted by Gasteiger charge is -2.37. The molecule has 2 aromatic rings. The molecule has 0 saturated carbocycles. The second-order valence-corrected chi connectivity index (χ2v) is 7.97. The fourth-order valence-corrected chi connectivity index (χ4v) is 3.77. The van der Waals surface area contributed by atoms with Gasteiger partial charge in [0.05, 0.1) is 18.8 Å². The van der Waals surface area contributed by atoms with E-state index >= 15 is 0 Å². The Balaban J connectivity index is 1.81. The molecule has 0 bridgehead atoms. The monoisotopic (exact) mass is 439 g/mol. The molecule has 1 heterocycles. The van der Waals surface area contributed by atoms with Gasteiger partial charge < -0.3 is 30.1 Å². The molecule has 0 spiro atoms. The van der Waals surface area contributed by atoms with Gasteiger partial charge in [-0.05, 0) is 37.2 Å². The number of carbonyl (C=O) groups excluding carboxylic acids is 1. The number of ether oxygens (including phenoxy) is 2. The Kier molecular flexibility index (Phi) is 8.81. The summed E-state index contributed by atoms with van der Waals surface area (Å²) in [4.78, 5) is 14.1. The van der Waals surface area contributed by atoms with E-state index in [0.717, 1.165) is 29.8 Å². The number of hydrogen-bond acceptors (Lipinski definition) is 5. The lowest BCUT2D eigenvalue weighted by atomic mass is 9.99. The van der Waals surface area contributed by atoms with Crippen LogP contribution in [0, 0.1) is 0 Å². The van der Waals surface area contributed by atoms with Crippen LogP contribution in [0.4, 0.5) is 10.5 Å². The standard InChI is InChI=1S/C25H33N3O4/c1-4-13-28(3)16-22-15-23(19-11-9-18(17-29)10-12-19)32-24(31-22)20-7-6-8-21(14-20)27-25(30)26-5-2/h4,6-12,14,22-24,29H,1,5,13,15-17H2,2-3H3,(H2,26,27,30). The maximum atomic E-state index is 11.9. The topological polar surface area (TPSA) is 83.1 Å². The van der Waals surface area contributed by atoms with E-state index in [1.54, 1.807) is 0 Å². The van der Waals surface area contributed by atoms with Crippen molar-refractivity contribution < 1.29 is 19.4 Å². The highest BCUT2D eigenvalue weighted by molar-refractivity contribution is 5.89. The van der Waals surface area contributed by atoms with Gasteiger partial charge in [0, 0.05) is 37.3 Å². The largest absolute Gasteiger partial charge is 0.392 e. The van der Waals surface area contributed by atoms with Gasteiger partial charge in [0.25, 0.3) is 0 Å². The number of amides is 2. The minimum Gasteiger partial charge on any atom is -0.392 e. The van der Waals surface area contributed by atoms with Gasteiger partial charge in [-0.2, -0.15) is 0 Å². The van der Waals surface area contributed by atoms with E-state index in [0.29, 0.717) is 18.7 Å². The second-order valence-electron chi connectivity index (χ2n) is 7.97. The third kappa shape index (κ3) is 6.64. The summed E-state index contributed by atoms with van der Waals surface area (Å²) in [6.45, 7) is 7.77. The predicted molar refractivity (Wildman–Crippen MR) is 125 cm³/mol. The summed E-state index contributed by atoms with van der Waals surface area (Å²) in [5.41, 5.74) is 3.43. The minimum absolute atomic E-state index is 0.0118. The first-order valence-electron chi connectivity index (χ1n) is 11.0. The summed E-state index contributed by atoms with van der Waals surface area (Å²) in [5.74, 6) is 0. The zero-order chi connectivity index (χ0) is 22.9. The Hall–Kier alpha value is -2.71. The number of carbonyl (C=O) groups is 1. The van der Waals surface area contributed by atoms with E-state index in [2.05, 4.69) is 22.1 Å². The fraction of sp³-hybridized carbons (Fsp3) is 0.400. The summed E-state index contributed by atoms with van der Waals surface area (Å²) in [6.07, 6.45) is 1.83. The van der Waals surface area contributed by atoms with Crippen LogP contribution in [0.5, 0.6) is 0 Å². The summed E-state index contributed by atoms with van der Waals surface area (Å²) < 4.78 is 12.7. The van der Waals surface area contributed by atoms with E-state index in [1.165, 1.54) is 0 Å². The van der Waals surface area contributed by atoms with Crippen LogP contribution in [0.1, 0.15) is 42.4 Å². The third-order valence-electron chi connectivity index (χ3n) is 5.33. The summed E-state index contributed by atoms with van der Waals surface area (Å²) in [6, 6.07) is 15.1. The molecule has 1 aliphatic heterocycles. The lowest BCUT2D eigenvalue weighted by Crippen LogP contribution is -2.37. The van der Waals surface area contributed by atoms with Crippen molar-refractivity contribution in [2.45, 2.75) is 38.4 Å². The molecule has 0 aromatic heterocycles. The predicted octanol–water partition coefficient (Wildman–Crippen LogP) is 3.98. The smallest absolute Gasteiger partial charge is 0.319 e. The average molecular weight is 440 g/mol. The van der Waals surface area contributed by atoms with Gasteiger partial charge in [-0.3, -0.25) is 0 Å². The summed E-state index contributed by atoms with van der Waals surface area (Å²) in [7, 11) is 2.04. The molecule has 2 amide bonds. The molecule has 0 aliphatic carbocycles. The first-order valence-corrected chi connectivity index (χ1v) is 11.0. The Bertz CT molecular complexity index is 887. The summed E-state index contributed by atoms with van der Waals surface area (Å²) in [5, 5.41) is 14.9. The highest BCUT2D eigenvalue weighted by Gasteiger charge is 2.32. The molecule has 3 rings (SSSR count). The molecule has 1 fully saturated rings. The number of anilines is 1. The fourth-order valence-electron chi connectivity index (χ4n) is 3.77. The van der Waals surface area contributed by atoms with E-state index in [4.69, 9.17) is 9.47 Å². The zero-order valence-electron chi connectivity index (χ0n) is 18.8. The number of urea groups is 1. The maximum absolute atomic E-state index is 11.9. The van der Waals surface area contributed by atoms with Crippen molar-refractivity contribution in [3.63, 3.8) is 0 Å². The molecule has 2 aromatic carbocycles. The van der Waals surface area contributed by atoms with Crippen LogP contribution in [-0.2, 0) is 16.1 Å². The number of likely N-dealkylation sites (N-methyl/N-ethyl adjacent to an activating group) is 1. The minimum atomic E-state index is -0.565. The van der Waals surface area contributed by atoms with Crippen LogP contribution in [0.2, 0.25) is 0 Å². The van der Waals surface area contributed by atoms with Crippen LogP contribution < -0.4 is 10.6 Å². The SMILES string of the molecule is C=CCN(C)CC1CC(c2ccc(CO)cc2)OC(c2cccc(NC(=O)NCC)c2)O1. The number of nitrogens with one attached hydrogen (secondary N) is 2. The molecule has 1 aliphatic rings. The van der Waals surface area contributed by atoms with Gasteiger partial charge in [-0.15, -0.1) is 6.58 Å². The van der Waals surface area contributed by atoms with Crippen molar-refractivity contribution in [1.82, 2.24) is 10.2 Å². The molecule has 1 saturated heterocycles. The van der Waals surface area contributed by atoms with Crippen molar-refractivity contribution in [2.75, 3.05) is 32.0 Å². The van der Waals surface area contributed by atoms with Crippen molar-refractivity contribution in [2.24, 2.45) is 0 Å². The second kappa shape index (κ2) is 11.8. The van der Waals surface area contributed by atoms with Crippen LogP contribution in [0.25, 0.3) is 0 Å².